The number of amides is 3. The van der Waals surface area contributed by atoms with Crippen LogP contribution in [0.15, 0.2) is 79.1 Å². The van der Waals surface area contributed by atoms with Gasteiger partial charge in [-0.05, 0) is 54.1 Å². The number of aromatic nitrogens is 3. The van der Waals surface area contributed by atoms with E-state index in [9.17, 15) is 9.59 Å². The van der Waals surface area contributed by atoms with Crippen molar-refractivity contribution in [2.24, 2.45) is 0 Å². The van der Waals surface area contributed by atoms with Crippen LogP contribution in [-0.2, 0) is 21.7 Å². The van der Waals surface area contributed by atoms with E-state index < -0.39 is 6.03 Å². The van der Waals surface area contributed by atoms with Gasteiger partial charge < -0.3 is 10.1 Å². The number of nitrogens with zero attached hydrogens (tertiary/aromatic N) is 3. The normalized spacial score (nSPS) is 11.1. The number of urea groups is 1. The number of pyridine rings is 1. The van der Waals surface area contributed by atoms with Crippen molar-refractivity contribution in [2.45, 2.75) is 46.1 Å². The third kappa shape index (κ3) is 7.65. The summed E-state index contributed by atoms with van der Waals surface area (Å²) in [5.74, 6) is 1.66. The first-order valence-electron chi connectivity index (χ1n) is 12.6. The first-order chi connectivity index (χ1) is 18.7. The fourth-order valence-electron chi connectivity index (χ4n) is 3.47. The Labute approximate surface area is 227 Å². The molecule has 0 bridgehead atoms. The number of rotatable bonds is 9. The molecule has 0 atom stereocenters. The molecule has 3 amide bonds. The number of nitrogens with one attached hydrogen (secondary N) is 3. The molecule has 0 aliphatic carbocycles. The number of carbonyl (C=O) groups is 2. The van der Waals surface area contributed by atoms with Crippen molar-refractivity contribution < 1.29 is 19.2 Å². The zero-order chi connectivity index (χ0) is 27.8. The molecular formula is C29H32N6O4. The zero-order valence-electron chi connectivity index (χ0n) is 22.4. The van der Waals surface area contributed by atoms with Crippen LogP contribution in [0.3, 0.4) is 0 Å². The Hall–Kier alpha value is -4.70. The van der Waals surface area contributed by atoms with Crippen LogP contribution in [0.1, 0.15) is 45.4 Å². The second kappa shape index (κ2) is 12.2. The quantitative estimate of drug-likeness (QED) is 0.231. The SMILES string of the molecule is CCC(=O)NOCc1ccc(-n2nc(C(C)(C)C)cc2NC(=O)Nc2ccc(Oc3ccncc3)cc2)cc1. The van der Waals surface area contributed by atoms with Crippen LogP contribution in [0.5, 0.6) is 11.5 Å². The molecule has 2 aromatic heterocycles. The number of hydrogen-bond donors (Lipinski definition) is 3. The van der Waals surface area contributed by atoms with E-state index in [4.69, 9.17) is 14.7 Å². The Morgan fingerprint density at radius 2 is 1.56 bits per heavy atom. The summed E-state index contributed by atoms with van der Waals surface area (Å²) in [6, 6.07) is 19.6. The lowest BCUT2D eigenvalue weighted by atomic mass is 9.92. The lowest BCUT2D eigenvalue weighted by Crippen LogP contribution is -2.22. The van der Waals surface area contributed by atoms with Crippen LogP contribution in [0.4, 0.5) is 16.3 Å². The lowest BCUT2D eigenvalue weighted by Gasteiger charge is -2.14. The van der Waals surface area contributed by atoms with Crippen molar-refractivity contribution in [1.82, 2.24) is 20.2 Å². The maximum absolute atomic E-state index is 12.9. The van der Waals surface area contributed by atoms with E-state index >= 15 is 0 Å². The molecule has 2 heterocycles. The molecule has 39 heavy (non-hydrogen) atoms. The number of hydrogen-bond acceptors (Lipinski definition) is 6. The summed E-state index contributed by atoms with van der Waals surface area (Å²) >= 11 is 0. The monoisotopic (exact) mass is 528 g/mol. The molecule has 0 unspecified atom stereocenters. The minimum absolute atomic E-state index is 0.180. The average Bonchev–Trinajstić information content (AvgIpc) is 3.35. The molecular weight excluding hydrogens is 496 g/mol. The van der Waals surface area contributed by atoms with Gasteiger partial charge in [0.15, 0.2) is 0 Å². The van der Waals surface area contributed by atoms with Crippen LogP contribution in [0.25, 0.3) is 5.69 Å². The summed E-state index contributed by atoms with van der Waals surface area (Å²) in [5, 5.41) is 10.5. The van der Waals surface area contributed by atoms with Crippen molar-refractivity contribution in [1.29, 1.82) is 0 Å². The molecule has 0 aliphatic heterocycles. The fraction of sp³-hybridized carbons (Fsp3) is 0.241. The molecule has 0 fully saturated rings. The molecule has 0 aliphatic rings. The zero-order valence-corrected chi connectivity index (χ0v) is 22.4. The van der Waals surface area contributed by atoms with E-state index in [1.165, 1.54) is 0 Å². The Morgan fingerprint density at radius 3 is 2.21 bits per heavy atom. The van der Waals surface area contributed by atoms with Gasteiger partial charge in [-0.2, -0.15) is 5.10 Å². The lowest BCUT2D eigenvalue weighted by molar-refractivity contribution is -0.134. The molecule has 3 N–H and O–H groups in total. The van der Waals surface area contributed by atoms with Gasteiger partial charge in [-0.1, -0.05) is 39.8 Å². The largest absolute Gasteiger partial charge is 0.457 e. The Kier molecular flexibility index (Phi) is 8.57. The highest BCUT2D eigenvalue weighted by atomic mass is 16.6. The second-order valence-electron chi connectivity index (χ2n) is 9.80. The molecule has 0 spiro atoms. The molecule has 10 heteroatoms. The summed E-state index contributed by atoms with van der Waals surface area (Å²) in [6.45, 7) is 8.17. The fourth-order valence-corrected chi connectivity index (χ4v) is 3.47. The van der Waals surface area contributed by atoms with Gasteiger partial charge >= 0.3 is 6.03 Å². The van der Waals surface area contributed by atoms with Crippen LogP contribution < -0.4 is 20.9 Å². The maximum Gasteiger partial charge on any atom is 0.324 e. The number of ether oxygens (including phenoxy) is 1. The van der Waals surface area contributed by atoms with Crippen LogP contribution in [0.2, 0.25) is 0 Å². The molecule has 10 nitrogen and oxygen atoms in total. The van der Waals surface area contributed by atoms with Gasteiger partial charge in [0, 0.05) is 36.0 Å². The first-order valence-corrected chi connectivity index (χ1v) is 12.6. The van der Waals surface area contributed by atoms with Crippen molar-refractivity contribution in [3.05, 3.63) is 90.4 Å². The van der Waals surface area contributed by atoms with Gasteiger partial charge in [0.2, 0.25) is 5.91 Å². The maximum atomic E-state index is 12.9. The standard InChI is InChI=1S/C29H32N6O4/c1-5-27(36)34-38-19-20-6-10-22(11-7-20)35-26(18-25(33-35)29(2,3)4)32-28(37)31-21-8-12-23(13-9-21)39-24-14-16-30-17-15-24/h6-18H,5,19H2,1-4H3,(H,34,36)(H2,31,32,37). The molecule has 202 valence electrons. The number of benzene rings is 2. The molecule has 0 radical (unpaired) electrons. The van der Waals surface area contributed by atoms with Crippen LogP contribution in [0, 0.1) is 0 Å². The minimum atomic E-state index is -0.406. The van der Waals surface area contributed by atoms with Gasteiger partial charge in [-0.15, -0.1) is 0 Å². The van der Waals surface area contributed by atoms with Crippen molar-refractivity contribution in [3.63, 3.8) is 0 Å². The second-order valence-corrected chi connectivity index (χ2v) is 9.80. The Bertz CT molecular complexity index is 1390. The van der Waals surface area contributed by atoms with E-state index in [1.807, 2.05) is 30.3 Å². The van der Waals surface area contributed by atoms with Crippen LogP contribution >= 0.6 is 0 Å². The van der Waals surface area contributed by atoms with E-state index in [1.54, 1.807) is 60.4 Å². The summed E-state index contributed by atoms with van der Waals surface area (Å²) in [4.78, 5) is 33.5. The number of hydroxylamine groups is 1. The highest BCUT2D eigenvalue weighted by Gasteiger charge is 2.21. The summed E-state index contributed by atoms with van der Waals surface area (Å²) in [5.41, 5.74) is 5.24. The molecule has 0 saturated heterocycles. The Morgan fingerprint density at radius 1 is 0.897 bits per heavy atom. The minimum Gasteiger partial charge on any atom is -0.457 e. The van der Waals surface area contributed by atoms with Crippen molar-refractivity contribution >= 4 is 23.4 Å². The molecule has 0 saturated carbocycles. The highest BCUT2D eigenvalue weighted by molar-refractivity contribution is 5.99. The summed E-state index contributed by atoms with van der Waals surface area (Å²) < 4.78 is 7.46. The van der Waals surface area contributed by atoms with Gasteiger partial charge in [-0.25, -0.2) is 15.0 Å². The third-order valence-corrected chi connectivity index (χ3v) is 5.64. The smallest absolute Gasteiger partial charge is 0.324 e. The van der Waals surface area contributed by atoms with Gasteiger partial charge in [0.1, 0.15) is 17.3 Å². The molecule has 4 aromatic rings. The summed E-state index contributed by atoms with van der Waals surface area (Å²) in [7, 11) is 0. The average molecular weight is 529 g/mol. The van der Waals surface area contributed by atoms with E-state index in [-0.39, 0.29) is 17.9 Å². The third-order valence-electron chi connectivity index (χ3n) is 5.64. The highest BCUT2D eigenvalue weighted by Crippen LogP contribution is 2.27. The van der Waals surface area contributed by atoms with E-state index in [0.717, 1.165) is 16.9 Å². The van der Waals surface area contributed by atoms with Gasteiger partial charge in [0.25, 0.3) is 0 Å². The number of carbonyl (C=O) groups excluding carboxylic acids is 2. The first kappa shape index (κ1) is 27.3. The molecule has 2 aromatic carbocycles. The topological polar surface area (TPSA) is 119 Å². The van der Waals surface area contributed by atoms with Gasteiger partial charge in [-0.3, -0.25) is 19.9 Å². The van der Waals surface area contributed by atoms with E-state index in [2.05, 4.69) is 41.9 Å². The summed E-state index contributed by atoms with van der Waals surface area (Å²) in [6.07, 6.45) is 3.66. The Balaban J connectivity index is 1.44. The van der Waals surface area contributed by atoms with Gasteiger partial charge in [0.05, 0.1) is 18.0 Å². The number of anilines is 2. The molecule has 4 rings (SSSR count). The van der Waals surface area contributed by atoms with Crippen molar-refractivity contribution in [3.8, 4) is 17.2 Å². The predicted molar refractivity (Wildman–Crippen MR) is 149 cm³/mol. The van der Waals surface area contributed by atoms with E-state index in [0.29, 0.717) is 29.4 Å². The van der Waals surface area contributed by atoms with Crippen LogP contribution in [-0.4, -0.2) is 26.7 Å². The van der Waals surface area contributed by atoms with Crippen molar-refractivity contribution in [2.75, 3.05) is 10.6 Å². The predicted octanol–water partition coefficient (Wildman–Crippen LogP) is 5.96.